The van der Waals surface area contributed by atoms with Gasteiger partial charge in [0.1, 0.15) is 4.99 Å². The highest BCUT2D eigenvalue weighted by molar-refractivity contribution is 7.91. The molecule has 0 radical (unpaired) electrons. The topological polar surface area (TPSA) is 101 Å². The number of hydrogen-bond acceptors (Lipinski definition) is 4. The van der Waals surface area contributed by atoms with Gasteiger partial charge in [-0.15, -0.1) is 0 Å². The fraction of sp³-hybridized carbons (Fsp3) is 0.0909. The molecule has 0 amide bonds. The third-order valence-electron chi connectivity index (χ3n) is 2.34. The maximum atomic E-state index is 11.9. The Hall–Kier alpha value is -1.93. The first-order valence-corrected chi connectivity index (χ1v) is 7.40. The summed E-state index contributed by atoms with van der Waals surface area (Å²) in [6.45, 7) is 0. The molecule has 100 valence electrons. The van der Waals surface area contributed by atoms with Crippen LogP contribution in [0.4, 0.5) is 5.69 Å². The van der Waals surface area contributed by atoms with Crippen LogP contribution in [0.3, 0.4) is 0 Å². The number of anilines is 1. The second kappa shape index (κ2) is 5.37. The minimum atomic E-state index is -3.49. The minimum Gasteiger partial charge on any atom is -0.389 e. The normalized spacial score (nSPS) is 11.2. The Morgan fingerprint density at radius 2 is 2.26 bits per heavy atom. The van der Waals surface area contributed by atoms with Crippen LogP contribution in [0.25, 0.3) is 0 Å². The molecular formula is C11H12N4O2S2. The SMILES string of the molecule is NC(=S)c1cccc(CS(=O)(=O)Nc2cn[nH]c2)c1. The van der Waals surface area contributed by atoms with Crippen molar-refractivity contribution in [3.8, 4) is 0 Å². The molecule has 1 heterocycles. The van der Waals surface area contributed by atoms with Crippen LogP contribution >= 0.6 is 12.2 Å². The number of nitrogens with one attached hydrogen (secondary N) is 2. The Morgan fingerprint density at radius 1 is 1.47 bits per heavy atom. The highest BCUT2D eigenvalue weighted by atomic mass is 32.2. The zero-order valence-electron chi connectivity index (χ0n) is 9.83. The van der Waals surface area contributed by atoms with E-state index in [-0.39, 0.29) is 10.7 Å². The van der Waals surface area contributed by atoms with Crippen molar-refractivity contribution in [2.75, 3.05) is 4.72 Å². The average molecular weight is 296 g/mol. The van der Waals surface area contributed by atoms with Crippen LogP contribution in [0.1, 0.15) is 11.1 Å². The number of hydrogen-bond donors (Lipinski definition) is 3. The molecule has 0 aliphatic carbocycles. The zero-order chi connectivity index (χ0) is 13.9. The van der Waals surface area contributed by atoms with Gasteiger partial charge in [-0.2, -0.15) is 5.10 Å². The first kappa shape index (κ1) is 13.5. The van der Waals surface area contributed by atoms with E-state index in [9.17, 15) is 8.42 Å². The van der Waals surface area contributed by atoms with Crippen LogP contribution in [0.5, 0.6) is 0 Å². The number of thiocarbonyl (C=S) groups is 1. The van der Waals surface area contributed by atoms with Crippen molar-refractivity contribution in [1.29, 1.82) is 0 Å². The molecule has 1 aromatic carbocycles. The zero-order valence-corrected chi connectivity index (χ0v) is 11.5. The number of aromatic amines is 1. The Labute approximate surface area is 116 Å². The van der Waals surface area contributed by atoms with Gasteiger partial charge in [-0.05, 0) is 11.6 Å². The lowest BCUT2D eigenvalue weighted by molar-refractivity contribution is 0.600. The van der Waals surface area contributed by atoms with Gasteiger partial charge in [0.05, 0.1) is 17.6 Å². The largest absolute Gasteiger partial charge is 0.389 e. The van der Waals surface area contributed by atoms with Crippen molar-refractivity contribution < 1.29 is 8.42 Å². The summed E-state index contributed by atoms with van der Waals surface area (Å²) in [4.78, 5) is 0.238. The summed E-state index contributed by atoms with van der Waals surface area (Å²) >= 11 is 4.86. The number of aromatic nitrogens is 2. The van der Waals surface area contributed by atoms with E-state index < -0.39 is 10.0 Å². The van der Waals surface area contributed by atoms with Crippen LogP contribution in [0.2, 0.25) is 0 Å². The van der Waals surface area contributed by atoms with Gasteiger partial charge in [-0.1, -0.05) is 30.4 Å². The molecule has 0 saturated carbocycles. The van der Waals surface area contributed by atoms with Gasteiger partial charge >= 0.3 is 0 Å². The van der Waals surface area contributed by atoms with Gasteiger partial charge in [-0.25, -0.2) is 8.42 Å². The van der Waals surface area contributed by atoms with Gasteiger partial charge < -0.3 is 5.73 Å². The third-order valence-corrected chi connectivity index (χ3v) is 3.84. The van der Waals surface area contributed by atoms with Crippen molar-refractivity contribution in [2.24, 2.45) is 5.73 Å². The van der Waals surface area contributed by atoms with Crippen LogP contribution in [-0.2, 0) is 15.8 Å². The minimum absolute atomic E-state index is 0.158. The quantitative estimate of drug-likeness (QED) is 0.714. The number of benzene rings is 1. The fourth-order valence-corrected chi connectivity index (χ4v) is 2.84. The fourth-order valence-electron chi connectivity index (χ4n) is 1.56. The molecule has 6 nitrogen and oxygen atoms in total. The summed E-state index contributed by atoms with van der Waals surface area (Å²) in [5.74, 6) is -0.158. The number of H-pyrrole nitrogens is 1. The highest BCUT2D eigenvalue weighted by Crippen LogP contribution is 2.12. The van der Waals surface area contributed by atoms with Crippen LogP contribution in [0.15, 0.2) is 36.7 Å². The first-order valence-electron chi connectivity index (χ1n) is 5.34. The predicted octanol–water partition coefficient (Wildman–Crippen LogP) is 0.986. The number of sulfonamides is 1. The van der Waals surface area contributed by atoms with E-state index in [4.69, 9.17) is 18.0 Å². The summed E-state index contributed by atoms with van der Waals surface area (Å²) in [5, 5.41) is 6.19. The lowest BCUT2D eigenvalue weighted by Gasteiger charge is -2.07. The monoisotopic (exact) mass is 296 g/mol. The van der Waals surface area contributed by atoms with Crippen molar-refractivity contribution in [2.45, 2.75) is 5.75 Å². The number of nitrogens with zero attached hydrogens (tertiary/aromatic N) is 1. The van der Waals surface area contributed by atoms with Gasteiger partial charge in [0.25, 0.3) is 0 Å². The molecule has 2 aromatic rings. The Morgan fingerprint density at radius 3 is 2.89 bits per heavy atom. The molecule has 0 bridgehead atoms. The maximum Gasteiger partial charge on any atom is 0.237 e. The van der Waals surface area contributed by atoms with Gasteiger partial charge in [0.15, 0.2) is 0 Å². The lowest BCUT2D eigenvalue weighted by atomic mass is 10.1. The number of nitrogens with two attached hydrogens (primary N) is 1. The second-order valence-electron chi connectivity index (χ2n) is 3.91. The molecule has 4 N–H and O–H groups in total. The Bertz CT molecular complexity index is 680. The van der Waals surface area contributed by atoms with Crippen molar-refractivity contribution in [3.05, 3.63) is 47.8 Å². The third kappa shape index (κ3) is 3.76. The van der Waals surface area contributed by atoms with E-state index in [1.54, 1.807) is 24.3 Å². The van der Waals surface area contributed by atoms with E-state index >= 15 is 0 Å². The standard InChI is InChI=1S/C11H12N4O2S2/c12-11(18)9-3-1-2-8(4-9)7-19(16,17)15-10-5-13-14-6-10/h1-6,15H,7H2,(H2,12,18)(H,13,14). The average Bonchev–Trinajstić information content (AvgIpc) is 2.80. The van der Waals surface area contributed by atoms with Crippen LogP contribution in [-0.4, -0.2) is 23.6 Å². The second-order valence-corrected chi connectivity index (χ2v) is 6.07. The van der Waals surface area contributed by atoms with E-state index in [2.05, 4.69) is 14.9 Å². The molecule has 1 aromatic heterocycles. The summed E-state index contributed by atoms with van der Waals surface area (Å²) in [6.07, 6.45) is 2.85. The number of rotatable bonds is 5. The Kier molecular flexibility index (Phi) is 3.82. The maximum absolute atomic E-state index is 11.9. The summed E-state index contributed by atoms with van der Waals surface area (Å²) in [5.41, 5.74) is 7.16. The molecule has 0 unspecified atom stereocenters. The van der Waals surface area contributed by atoms with Crippen LogP contribution < -0.4 is 10.5 Å². The highest BCUT2D eigenvalue weighted by Gasteiger charge is 2.12. The van der Waals surface area contributed by atoms with Crippen LogP contribution in [0, 0.1) is 0 Å². The molecule has 0 spiro atoms. The first-order chi connectivity index (χ1) is 8.96. The van der Waals surface area contributed by atoms with E-state index in [0.29, 0.717) is 16.8 Å². The van der Waals surface area contributed by atoms with Gasteiger partial charge in [0.2, 0.25) is 10.0 Å². The predicted molar refractivity (Wildman–Crippen MR) is 77.2 cm³/mol. The molecule has 0 aliphatic rings. The lowest BCUT2D eigenvalue weighted by Crippen LogP contribution is -2.15. The molecule has 19 heavy (non-hydrogen) atoms. The summed E-state index contributed by atoms with van der Waals surface area (Å²) in [7, 11) is -3.49. The Balaban J connectivity index is 2.16. The molecular weight excluding hydrogens is 284 g/mol. The smallest absolute Gasteiger partial charge is 0.237 e. The molecule has 0 aliphatic heterocycles. The van der Waals surface area contributed by atoms with Crippen molar-refractivity contribution in [1.82, 2.24) is 10.2 Å². The molecule has 8 heteroatoms. The van der Waals surface area contributed by atoms with E-state index in [0.717, 1.165) is 0 Å². The van der Waals surface area contributed by atoms with Gasteiger partial charge in [-0.3, -0.25) is 9.82 Å². The summed E-state index contributed by atoms with van der Waals surface area (Å²) < 4.78 is 26.3. The van der Waals surface area contributed by atoms with Gasteiger partial charge in [0, 0.05) is 11.8 Å². The van der Waals surface area contributed by atoms with E-state index in [1.807, 2.05) is 0 Å². The molecule has 0 atom stereocenters. The van der Waals surface area contributed by atoms with Crippen molar-refractivity contribution in [3.63, 3.8) is 0 Å². The molecule has 0 fully saturated rings. The molecule has 0 saturated heterocycles. The summed E-state index contributed by atoms with van der Waals surface area (Å²) in [6, 6.07) is 6.83. The molecule has 2 rings (SSSR count). The van der Waals surface area contributed by atoms with E-state index in [1.165, 1.54) is 12.4 Å². The van der Waals surface area contributed by atoms with Crippen molar-refractivity contribution >= 4 is 32.9 Å².